The highest BCUT2D eigenvalue weighted by Gasteiger charge is 2.19. The van der Waals surface area contributed by atoms with E-state index in [-0.39, 0.29) is 12.5 Å². The first-order valence-electron chi connectivity index (χ1n) is 18.9. The molecule has 1 amide bonds. The van der Waals surface area contributed by atoms with Crippen LogP contribution in [0.5, 0.6) is 0 Å². The quantitative estimate of drug-likeness (QED) is 0.0513. The van der Waals surface area contributed by atoms with Crippen molar-refractivity contribution < 1.29 is 15.0 Å². The number of aliphatic hydroxyl groups excluding tert-OH is 2. The van der Waals surface area contributed by atoms with Crippen molar-refractivity contribution in [2.45, 2.75) is 219 Å². The predicted octanol–water partition coefficient (Wildman–Crippen LogP) is 11.1. The molecule has 0 aromatic carbocycles. The van der Waals surface area contributed by atoms with E-state index in [1.165, 1.54) is 154 Å². The SMILES string of the molecule is CCCCCC/C=C\CCCCCCCC(=O)NC(CO)C(O)CCCCCCCCCCCCCCCCCCC. The fraction of sp³-hybridized carbons (Fsp3) is 0.921. The molecule has 3 N–H and O–H groups in total. The summed E-state index contributed by atoms with van der Waals surface area (Å²) in [7, 11) is 0. The summed E-state index contributed by atoms with van der Waals surface area (Å²) in [6.45, 7) is 4.34. The van der Waals surface area contributed by atoms with Crippen molar-refractivity contribution in [3.63, 3.8) is 0 Å². The van der Waals surface area contributed by atoms with Crippen LogP contribution in [-0.2, 0) is 4.79 Å². The third kappa shape index (κ3) is 30.6. The van der Waals surface area contributed by atoms with E-state index >= 15 is 0 Å². The van der Waals surface area contributed by atoms with Gasteiger partial charge in [0.05, 0.1) is 18.8 Å². The van der Waals surface area contributed by atoms with Crippen LogP contribution in [0, 0.1) is 0 Å². The summed E-state index contributed by atoms with van der Waals surface area (Å²) in [5, 5.41) is 23.0. The first kappa shape index (κ1) is 41.1. The first-order valence-corrected chi connectivity index (χ1v) is 18.9. The Hall–Kier alpha value is -0.870. The van der Waals surface area contributed by atoms with Gasteiger partial charge in [-0.1, -0.05) is 174 Å². The van der Waals surface area contributed by atoms with Crippen LogP contribution >= 0.6 is 0 Å². The summed E-state index contributed by atoms with van der Waals surface area (Å²) < 4.78 is 0. The molecule has 0 spiro atoms. The molecule has 2 atom stereocenters. The molecule has 0 aliphatic rings. The molecule has 0 aromatic rings. The number of nitrogens with one attached hydrogen (secondary N) is 1. The number of unbranched alkanes of at least 4 members (excludes halogenated alkanes) is 25. The summed E-state index contributed by atoms with van der Waals surface area (Å²) in [6.07, 6.45) is 41.2. The van der Waals surface area contributed by atoms with E-state index in [1.807, 2.05) is 0 Å². The smallest absolute Gasteiger partial charge is 0.220 e. The molecule has 0 radical (unpaired) electrons. The molecule has 2 unspecified atom stereocenters. The maximum absolute atomic E-state index is 12.3. The summed E-state index contributed by atoms with van der Waals surface area (Å²) >= 11 is 0. The monoisotopic (exact) mass is 594 g/mol. The number of carbonyl (C=O) groups is 1. The van der Waals surface area contributed by atoms with Crippen molar-refractivity contribution >= 4 is 5.91 Å². The Labute approximate surface area is 263 Å². The minimum atomic E-state index is -0.657. The van der Waals surface area contributed by atoms with Crippen molar-refractivity contribution in [3.05, 3.63) is 12.2 Å². The van der Waals surface area contributed by atoms with E-state index in [4.69, 9.17) is 0 Å². The average molecular weight is 594 g/mol. The first-order chi connectivity index (χ1) is 20.7. The van der Waals surface area contributed by atoms with Gasteiger partial charge in [-0.25, -0.2) is 0 Å². The largest absolute Gasteiger partial charge is 0.394 e. The highest BCUT2D eigenvalue weighted by molar-refractivity contribution is 5.76. The second kappa shape index (κ2) is 34.6. The van der Waals surface area contributed by atoms with Gasteiger partial charge in [0.1, 0.15) is 0 Å². The van der Waals surface area contributed by atoms with E-state index in [2.05, 4.69) is 31.3 Å². The van der Waals surface area contributed by atoms with Crippen LogP contribution in [0.3, 0.4) is 0 Å². The number of hydrogen-bond donors (Lipinski definition) is 3. The van der Waals surface area contributed by atoms with Crippen LogP contribution in [0.25, 0.3) is 0 Å². The zero-order chi connectivity index (χ0) is 30.8. The Morgan fingerprint density at radius 2 is 0.905 bits per heavy atom. The molecular weight excluding hydrogens is 518 g/mol. The summed E-state index contributed by atoms with van der Waals surface area (Å²) in [5.74, 6) is -0.0403. The fourth-order valence-electron chi connectivity index (χ4n) is 5.82. The lowest BCUT2D eigenvalue weighted by Crippen LogP contribution is -2.45. The molecule has 4 heteroatoms. The lowest BCUT2D eigenvalue weighted by molar-refractivity contribution is -0.123. The predicted molar refractivity (Wildman–Crippen MR) is 184 cm³/mol. The van der Waals surface area contributed by atoms with Gasteiger partial charge in [-0.3, -0.25) is 4.79 Å². The third-order valence-electron chi connectivity index (χ3n) is 8.78. The molecule has 0 aliphatic carbocycles. The second-order valence-electron chi connectivity index (χ2n) is 13.0. The minimum Gasteiger partial charge on any atom is -0.394 e. The van der Waals surface area contributed by atoms with Gasteiger partial charge in [-0.15, -0.1) is 0 Å². The Morgan fingerprint density at radius 1 is 0.548 bits per heavy atom. The van der Waals surface area contributed by atoms with Crippen LogP contribution in [0.4, 0.5) is 0 Å². The summed E-state index contributed by atoms with van der Waals surface area (Å²) in [6, 6.07) is -0.535. The molecule has 4 nitrogen and oxygen atoms in total. The topological polar surface area (TPSA) is 69.6 Å². The summed E-state index contributed by atoms with van der Waals surface area (Å²) in [5.41, 5.74) is 0. The molecule has 0 fully saturated rings. The van der Waals surface area contributed by atoms with E-state index in [0.29, 0.717) is 12.8 Å². The van der Waals surface area contributed by atoms with Crippen LogP contribution < -0.4 is 5.32 Å². The van der Waals surface area contributed by atoms with Gasteiger partial charge in [-0.2, -0.15) is 0 Å². The maximum atomic E-state index is 12.3. The fourth-order valence-corrected chi connectivity index (χ4v) is 5.82. The molecule has 0 aromatic heterocycles. The van der Waals surface area contributed by atoms with Crippen LogP contribution in [-0.4, -0.2) is 34.9 Å². The van der Waals surface area contributed by atoms with E-state index in [0.717, 1.165) is 25.7 Å². The number of allylic oxidation sites excluding steroid dienone is 2. The number of rotatable bonds is 34. The van der Waals surface area contributed by atoms with Gasteiger partial charge in [0.15, 0.2) is 0 Å². The maximum Gasteiger partial charge on any atom is 0.220 e. The molecule has 0 rings (SSSR count). The zero-order valence-electron chi connectivity index (χ0n) is 28.5. The normalized spacial score (nSPS) is 13.1. The van der Waals surface area contributed by atoms with Crippen molar-refractivity contribution in [1.82, 2.24) is 5.32 Å². The Morgan fingerprint density at radius 3 is 1.33 bits per heavy atom. The molecular formula is C38H75NO3. The third-order valence-corrected chi connectivity index (χ3v) is 8.78. The number of hydrogen-bond acceptors (Lipinski definition) is 3. The van der Waals surface area contributed by atoms with Gasteiger partial charge in [0, 0.05) is 6.42 Å². The summed E-state index contributed by atoms with van der Waals surface area (Å²) in [4.78, 5) is 12.3. The second-order valence-corrected chi connectivity index (χ2v) is 13.0. The molecule has 0 saturated heterocycles. The number of amides is 1. The lowest BCUT2D eigenvalue weighted by atomic mass is 10.0. The van der Waals surface area contributed by atoms with Crippen LogP contribution in [0.15, 0.2) is 12.2 Å². The highest BCUT2D eigenvalue weighted by atomic mass is 16.3. The zero-order valence-corrected chi connectivity index (χ0v) is 28.5. The van der Waals surface area contributed by atoms with E-state index in [1.54, 1.807) is 0 Å². The van der Waals surface area contributed by atoms with Gasteiger partial charge in [0.25, 0.3) is 0 Å². The van der Waals surface area contributed by atoms with Gasteiger partial charge in [-0.05, 0) is 38.5 Å². The van der Waals surface area contributed by atoms with Crippen LogP contribution in [0.1, 0.15) is 206 Å². The van der Waals surface area contributed by atoms with Gasteiger partial charge < -0.3 is 15.5 Å². The van der Waals surface area contributed by atoms with Crippen molar-refractivity contribution in [2.75, 3.05) is 6.61 Å². The van der Waals surface area contributed by atoms with E-state index in [9.17, 15) is 15.0 Å². The molecule has 42 heavy (non-hydrogen) atoms. The van der Waals surface area contributed by atoms with Crippen molar-refractivity contribution in [3.8, 4) is 0 Å². The number of aliphatic hydroxyl groups is 2. The molecule has 0 bridgehead atoms. The highest BCUT2D eigenvalue weighted by Crippen LogP contribution is 2.15. The Balaban J connectivity index is 3.54. The molecule has 0 heterocycles. The molecule has 0 saturated carbocycles. The van der Waals surface area contributed by atoms with Gasteiger partial charge >= 0.3 is 0 Å². The minimum absolute atomic E-state index is 0.0403. The van der Waals surface area contributed by atoms with E-state index < -0.39 is 12.1 Å². The molecule has 250 valence electrons. The average Bonchev–Trinajstić information content (AvgIpc) is 2.99. The van der Waals surface area contributed by atoms with Gasteiger partial charge in [0.2, 0.25) is 5.91 Å². The van der Waals surface area contributed by atoms with Crippen molar-refractivity contribution in [1.29, 1.82) is 0 Å². The Bertz CT molecular complexity index is 565. The standard InChI is InChI=1S/C38H75NO3/c1-3-5-7-9-11-13-15-17-18-19-20-22-23-25-27-29-31-33-37(41)36(35-40)39-38(42)34-32-30-28-26-24-21-16-14-12-10-8-6-4-2/h14,16,36-37,40-41H,3-13,15,17-35H2,1-2H3,(H,39,42)/b16-14-. The Kier molecular flexibility index (Phi) is 33.9. The number of carbonyl (C=O) groups excluding carboxylic acids is 1. The lowest BCUT2D eigenvalue weighted by Gasteiger charge is -2.22. The van der Waals surface area contributed by atoms with Crippen molar-refractivity contribution in [2.24, 2.45) is 0 Å². The van der Waals surface area contributed by atoms with Crippen LogP contribution in [0.2, 0.25) is 0 Å². The molecule has 0 aliphatic heterocycles.